The second-order valence-electron chi connectivity index (χ2n) is 8.26. The summed E-state index contributed by atoms with van der Waals surface area (Å²) in [6, 6.07) is 18.8. The largest absolute Gasteiger partial charge is 0.460 e. The van der Waals surface area contributed by atoms with Gasteiger partial charge in [-0.1, -0.05) is 60.7 Å². The molecule has 0 radical (unpaired) electrons. The summed E-state index contributed by atoms with van der Waals surface area (Å²) < 4.78 is 11.7. The number of likely N-dealkylation sites (N-methyl/N-ethyl adjacent to an activating group) is 1. The van der Waals surface area contributed by atoms with Crippen LogP contribution < -0.4 is 5.32 Å². The van der Waals surface area contributed by atoms with Crippen LogP contribution in [0.4, 0.5) is 0 Å². The number of benzene rings is 2. The highest BCUT2D eigenvalue weighted by molar-refractivity contribution is 5.77. The van der Waals surface area contributed by atoms with Gasteiger partial charge in [-0.25, -0.2) is 0 Å². The first kappa shape index (κ1) is 23.1. The predicted octanol–water partition coefficient (Wildman–Crippen LogP) is 2.96. The van der Waals surface area contributed by atoms with Gasteiger partial charge in [0.25, 0.3) is 0 Å². The van der Waals surface area contributed by atoms with Crippen molar-refractivity contribution in [2.75, 3.05) is 20.1 Å². The van der Waals surface area contributed by atoms with Crippen molar-refractivity contribution in [3.8, 4) is 0 Å². The number of rotatable bonds is 11. The molecule has 3 atom stereocenters. The Morgan fingerprint density at radius 3 is 2.26 bits per heavy atom. The molecule has 6 nitrogen and oxygen atoms in total. The van der Waals surface area contributed by atoms with Crippen molar-refractivity contribution >= 4 is 12.3 Å². The van der Waals surface area contributed by atoms with Crippen molar-refractivity contribution < 1.29 is 19.1 Å². The topological polar surface area (TPSA) is 67.9 Å². The lowest BCUT2D eigenvalue weighted by atomic mass is 9.97. The van der Waals surface area contributed by atoms with Crippen LogP contribution in [0.5, 0.6) is 0 Å². The van der Waals surface area contributed by atoms with Gasteiger partial charge in [0.15, 0.2) is 0 Å². The molecule has 0 aliphatic carbocycles. The third kappa shape index (κ3) is 6.47. The van der Waals surface area contributed by atoms with Crippen LogP contribution in [-0.2, 0) is 32.3 Å². The lowest BCUT2D eigenvalue weighted by Crippen LogP contribution is -2.57. The number of nitrogens with zero attached hydrogens (tertiary/aromatic N) is 1. The monoisotopic (exact) mass is 424 g/mol. The molecule has 6 heteroatoms. The van der Waals surface area contributed by atoms with Crippen LogP contribution in [0.2, 0.25) is 0 Å². The van der Waals surface area contributed by atoms with Crippen LogP contribution in [0.3, 0.4) is 0 Å². The second-order valence-corrected chi connectivity index (χ2v) is 8.26. The predicted molar refractivity (Wildman–Crippen MR) is 119 cm³/mol. The Hall–Kier alpha value is -2.54. The van der Waals surface area contributed by atoms with Gasteiger partial charge in [-0.2, -0.15) is 0 Å². The van der Waals surface area contributed by atoms with Gasteiger partial charge in [-0.3, -0.25) is 9.69 Å². The van der Waals surface area contributed by atoms with Crippen LogP contribution >= 0.6 is 0 Å². The molecule has 1 fully saturated rings. The molecule has 1 heterocycles. The van der Waals surface area contributed by atoms with Gasteiger partial charge in [-0.15, -0.1) is 0 Å². The molecule has 31 heavy (non-hydrogen) atoms. The van der Waals surface area contributed by atoms with E-state index in [0.29, 0.717) is 13.2 Å². The summed E-state index contributed by atoms with van der Waals surface area (Å²) in [5.41, 5.74) is 1.33. The molecule has 0 unspecified atom stereocenters. The van der Waals surface area contributed by atoms with Crippen LogP contribution in [0.25, 0.3) is 0 Å². The molecule has 166 valence electrons. The van der Waals surface area contributed by atoms with Gasteiger partial charge < -0.3 is 19.6 Å². The van der Waals surface area contributed by atoms with E-state index in [-0.39, 0.29) is 12.6 Å². The van der Waals surface area contributed by atoms with Crippen LogP contribution in [0.1, 0.15) is 30.9 Å². The van der Waals surface area contributed by atoms with Crippen molar-refractivity contribution in [1.29, 1.82) is 0 Å². The Kier molecular flexibility index (Phi) is 8.35. The number of esters is 1. The summed E-state index contributed by atoms with van der Waals surface area (Å²) in [5, 5.41) is 3.30. The van der Waals surface area contributed by atoms with Gasteiger partial charge in [0.2, 0.25) is 0 Å². The molecule has 2 aromatic rings. The Balaban J connectivity index is 1.69. The number of hydrogen-bond donors (Lipinski definition) is 1. The highest BCUT2D eigenvalue weighted by atomic mass is 16.5. The van der Waals surface area contributed by atoms with Gasteiger partial charge in [-0.05, 0) is 44.5 Å². The molecule has 2 aromatic carbocycles. The normalized spacial score (nSPS) is 20.4. The average Bonchev–Trinajstić information content (AvgIpc) is 3.26. The van der Waals surface area contributed by atoms with Crippen LogP contribution in [0, 0.1) is 0 Å². The number of aldehydes is 1. The zero-order valence-electron chi connectivity index (χ0n) is 18.3. The first-order valence-corrected chi connectivity index (χ1v) is 10.8. The van der Waals surface area contributed by atoms with E-state index in [1.165, 1.54) is 0 Å². The van der Waals surface area contributed by atoms with E-state index in [1.54, 1.807) is 0 Å². The van der Waals surface area contributed by atoms with Crippen molar-refractivity contribution in [3.05, 3.63) is 71.8 Å². The lowest BCUT2D eigenvalue weighted by molar-refractivity contribution is -0.158. The molecule has 0 bridgehead atoms. The number of nitrogens with one attached hydrogen (secondary N) is 1. The van der Waals surface area contributed by atoms with Gasteiger partial charge >= 0.3 is 5.97 Å². The second kappa shape index (κ2) is 11.2. The Morgan fingerprint density at radius 1 is 1.10 bits per heavy atom. The molecule has 1 aliphatic rings. The summed E-state index contributed by atoms with van der Waals surface area (Å²) in [6.07, 6.45) is 2.25. The maximum Gasteiger partial charge on any atom is 0.326 e. The molecule has 1 saturated heterocycles. The molecule has 1 aliphatic heterocycles. The average molecular weight is 425 g/mol. The zero-order valence-corrected chi connectivity index (χ0v) is 18.3. The minimum absolute atomic E-state index is 0.201. The third-order valence-electron chi connectivity index (χ3n) is 5.77. The van der Waals surface area contributed by atoms with E-state index in [0.717, 1.165) is 36.8 Å². The molecular formula is C25H32N2O4. The highest BCUT2D eigenvalue weighted by Crippen LogP contribution is 2.21. The summed E-state index contributed by atoms with van der Waals surface area (Å²) in [7, 11) is 1.85. The minimum Gasteiger partial charge on any atom is -0.460 e. The SMILES string of the molecule is C[C@@H](OCc1ccccc1)[C@@H](C(=O)OCc1ccccc1)N(C)C[C@]1(C=O)CCCN1. The van der Waals surface area contributed by atoms with Gasteiger partial charge in [0.1, 0.15) is 18.9 Å². The molecule has 0 amide bonds. The van der Waals surface area contributed by atoms with Gasteiger partial charge in [0.05, 0.1) is 18.2 Å². The first-order valence-electron chi connectivity index (χ1n) is 10.8. The fraction of sp³-hybridized carbons (Fsp3) is 0.440. The maximum absolute atomic E-state index is 13.1. The van der Waals surface area contributed by atoms with Crippen molar-refractivity contribution in [1.82, 2.24) is 10.2 Å². The molecule has 0 spiro atoms. The fourth-order valence-electron chi connectivity index (χ4n) is 4.08. The van der Waals surface area contributed by atoms with Crippen LogP contribution in [-0.4, -0.2) is 55.0 Å². The minimum atomic E-state index is -0.633. The van der Waals surface area contributed by atoms with E-state index in [4.69, 9.17) is 9.47 Å². The first-order chi connectivity index (χ1) is 15.0. The quantitative estimate of drug-likeness (QED) is 0.442. The van der Waals surface area contributed by atoms with Gasteiger partial charge in [0, 0.05) is 6.54 Å². The smallest absolute Gasteiger partial charge is 0.326 e. The Morgan fingerprint density at radius 2 is 1.71 bits per heavy atom. The van der Waals surface area contributed by atoms with Crippen molar-refractivity contribution in [2.24, 2.45) is 0 Å². The van der Waals surface area contributed by atoms with Crippen LogP contribution in [0.15, 0.2) is 60.7 Å². The fourth-order valence-corrected chi connectivity index (χ4v) is 4.08. The van der Waals surface area contributed by atoms with E-state index < -0.39 is 17.7 Å². The third-order valence-corrected chi connectivity index (χ3v) is 5.77. The summed E-state index contributed by atoms with van der Waals surface area (Å²) in [5.74, 6) is -0.356. The summed E-state index contributed by atoms with van der Waals surface area (Å²) in [4.78, 5) is 26.8. The van der Waals surface area contributed by atoms with E-state index in [1.807, 2.05) is 79.5 Å². The summed E-state index contributed by atoms with van der Waals surface area (Å²) >= 11 is 0. The lowest BCUT2D eigenvalue weighted by Gasteiger charge is -2.35. The molecular weight excluding hydrogens is 392 g/mol. The molecule has 3 rings (SSSR count). The van der Waals surface area contributed by atoms with Crippen molar-refractivity contribution in [3.63, 3.8) is 0 Å². The van der Waals surface area contributed by atoms with E-state index >= 15 is 0 Å². The van der Waals surface area contributed by atoms with E-state index in [9.17, 15) is 9.59 Å². The summed E-state index contributed by atoms with van der Waals surface area (Å²) in [6.45, 7) is 3.70. The Labute approximate surface area is 184 Å². The number of carbonyl (C=O) groups is 2. The molecule has 0 aromatic heterocycles. The Bertz CT molecular complexity index is 822. The van der Waals surface area contributed by atoms with E-state index in [2.05, 4.69) is 5.32 Å². The highest BCUT2D eigenvalue weighted by Gasteiger charge is 2.39. The van der Waals surface area contributed by atoms with Crippen molar-refractivity contribution in [2.45, 2.75) is 50.7 Å². The number of ether oxygens (including phenoxy) is 2. The standard InChI is InChI=1S/C25H32N2O4/c1-20(30-16-21-10-5-3-6-11-21)23(24(29)31-17-22-12-7-4-8-13-22)27(2)18-25(19-28)14-9-15-26-25/h3-8,10-13,19-20,23,26H,9,14-18H2,1-2H3/t20-,23+,25+/m1/s1. The zero-order chi connectivity index (χ0) is 22.1. The molecule has 1 N–H and O–H groups in total. The number of hydrogen-bond acceptors (Lipinski definition) is 6. The molecule has 0 saturated carbocycles. The number of carbonyl (C=O) groups excluding carboxylic acids is 2. The maximum atomic E-state index is 13.1.